The summed E-state index contributed by atoms with van der Waals surface area (Å²) in [6, 6.07) is 1.96. The molecule has 0 aliphatic carbocycles. The van der Waals surface area contributed by atoms with Crippen LogP contribution in [0.3, 0.4) is 0 Å². The minimum atomic E-state index is -0.905. The van der Waals surface area contributed by atoms with Crippen molar-refractivity contribution in [1.29, 1.82) is 0 Å². The highest BCUT2D eigenvalue weighted by Gasteiger charge is 2.29. The molecule has 56 heavy (non-hydrogen) atoms. The van der Waals surface area contributed by atoms with Crippen molar-refractivity contribution in [2.45, 2.75) is 26.9 Å². The molecule has 12 nitrogen and oxygen atoms in total. The second-order valence-electron chi connectivity index (χ2n) is 13.6. The zero-order valence-electron chi connectivity index (χ0n) is 31.7. The number of aryl methyl sites for hydroxylation is 2. The van der Waals surface area contributed by atoms with Gasteiger partial charge in [-0.1, -0.05) is 21.6 Å². The van der Waals surface area contributed by atoms with Gasteiger partial charge in [-0.15, -0.1) is 0 Å². The normalized spacial score (nSPS) is 15.6. The molecule has 4 heterocycles. The van der Waals surface area contributed by atoms with Crippen LogP contribution in [0.2, 0.25) is 0 Å². The van der Waals surface area contributed by atoms with E-state index in [4.69, 9.17) is 9.47 Å². The molecule has 6 rings (SSSR count). The van der Waals surface area contributed by atoms with Crippen LogP contribution in [0.25, 0.3) is 21.8 Å². The van der Waals surface area contributed by atoms with Crippen LogP contribution in [0.15, 0.2) is 34.1 Å². The minimum Gasteiger partial charge on any atom is -0.462 e. The number of fused-ring (bicyclic) bond motifs is 2. The van der Waals surface area contributed by atoms with Crippen molar-refractivity contribution in [2.75, 3.05) is 101 Å². The predicted octanol–water partition coefficient (Wildman–Crippen LogP) is 4.81. The van der Waals surface area contributed by atoms with Gasteiger partial charge in [0, 0.05) is 89.3 Å². The molecule has 0 N–H and O–H groups in total. The van der Waals surface area contributed by atoms with E-state index in [2.05, 4.69) is 0 Å². The van der Waals surface area contributed by atoms with E-state index in [1.54, 1.807) is 23.6 Å². The average Bonchev–Trinajstić information content (AvgIpc) is 3.16. The second-order valence-corrected chi connectivity index (χ2v) is 16.3. The lowest BCUT2D eigenvalue weighted by Crippen LogP contribution is -2.45. The number of ether oxygens (including phenoxy) is 2. The highest BCUT2D eigenvalue weighted by atomic mass is 33.1. The molecule has 2 aliphatic heterocycles. The van der Waals surface area contributed by atoms with Gasteiger partial charge in [0.05, 0.1) is 35.0 Å². The molecule has 2 saturated heterocycles. The van der Waals surface area contributed by atoms with Crippen LogP contribution in [-0.4, -0.2) is 122 Å². The number of pyridine rings is 2. The molecule has 0 saturated carbocycles. The third-order valence-corrected chi connectivity index (χ3v) is 12.4. The average molecular weight is 821 g/mol. The number of piperazine rings is 2. The van der Waals surface area contributed by atoms with E-state index in [1.807, 2.05) is 23.9 Å². The van der Waals surface area contributed by atoms with Crippen molar-refractivity contribution in [3.05, 3.63) is 79.4 Å². The van der Waals surface area contributed by atoms with E-state index in [0.29, 0.717) is 63.9 Å². The van der Waals surface area contributed by atoms with Gasteiger partial charge < -0.3 is 38.2 Å². The number of rotatable bonds is 13. The summed E-state index contributed by atoms with van der Waals surface area (Å²) in [4.78, 5) is 59.6. The number of carbonyl (C=O) groups is 2. The van der Waals surface area contributed by atoms with Gasteiger partial charge in [0.25, 0.3) is 0 Å². The molecule has 2 fully saturated rings. The maximum absolute atomic E-state index is 16.4. The van der Waals surface area contributed by atoms with Gasteiger partial charge in [0.2, 0.25) is 10.9 Å². The summed E-state index contributed by atoms with van der Waals surface area (Å²) in [6.07, 6.45) is 2.48. The van der Waals surface area contributed by atoms with Crippen LogP contribution >= 0.6 is 21.6 Å². The van der Waals surface area contributed by atoms with E-state index in [1.165, 1.54) is 43.1 Å². The number of benzene rings is 2. The molecule has 0 radical (unpaired) electrons. The summed E-state index contributed by atoms with van der Waals surface area (Å²) in [6.45, 7) is 7.31. The van der Waals surface area contributed by atoms with Crippen molar-refractivity contribution < 1.29 is 36.6 Å². The van der Waals surface area contributed by atoms with Crippen LogP contribution in [0.1, 0.15) is 34.6 Å². The highest BCUT2D eigenvalue weighted by Crippen LogP contribution is 2.33. The van der Waals surface area contributed by atoms with E-state index in [0.717, 1.165) is 12.1 Å². The largest absolute Gasteiger partial charge is 0.462 e. The van der Waals surface area contributed by atoms with Gasteiger partial charge in [-0.2, -0.15) is 0 Å². The zero-order chi connectivity index (χ0) is 40.3. The van der Waals surface area contributed by atoms with Crippen molar-refractivity contribution in [2.24, 2.45) is 0 Å². The van der Waals surface area contributed by atoms with E-state index < -0.39 is 46.1 Å². The molecular weight excluding hydrogens is 777 g/mol. The van der Waals surface area contributed by atoms with Crippen molar-refractivity contribution in [3.8, 4) is 0 Å². The van der Waals surface area contributed by atoms with Crippen LogP contribution < -0.4 is 20.7 Å². The Labute approximate surface area is 328 Å². The van der Waals surface area contributed by atoms with Crippen LogP contribution in [0.4, 0.5) is 28.9 Å². The number of anilines is 2. The lowest BCUT2D eigenvalue weighted by Gasteiger charge is -2.34. The summed E-state index contributed by atoms with van der Waals surface area (Å²) < 4.78 is 76.8. The molecule has 0 bridgehead atoms. The van der Waals surface area contributed by atoms with Gasteiger partial charge >= 0.3 is 11.9 Å². The molecule has 2 aromatic carbocycles. The van der Waals surface area contributed by atoms with Crippen LogP contribution in [0, 0.1) is 23.3 Å². The van der Waals surface area contributed by atoms with E-state index >= 15 is 17.6 Å². The lowest BCUT2D eigenvalue weighted by molar-refractivity contribution is 0.0514. The first kappa shape index (κ1) is 41.4. The Morgan fingerprint density at radius 2 is 0.982 bits per heavy atom. The second kappa shape index (κ2) is 17.9. The van der Waals surface area contributed by atoms with Gasteiger partial charge in [0.15, 0.2) is 11.6 Å². The third-order valence-electron chi connectivity index (χ3n) is 10.0. The van der Waals surface area contributed by atoms with E-state index in [-0.39, 0.29) is 70.6 Å². The van der Waals surface area contributed by atoms with Crippen LogP contribution in [-0.2, 0) is 22.6 Å². The fourth-order valence-electron chi connectivity index (χ4n) is 7.04. The smallest absolute Gasteiger partial charge is 0.343 e. The van der Waals surface area contributed by atoms with Gasteiger partial charge in [-0.05, 0) is 40.1 Å². The Kier molecular flexibility index (Phi) is 13.2. The molecule has 18 heteroatoms. The molecule has 0 unspecified atom stereocenters. The van der Waals surface area contributed by atoms with Gasteiger partial charge in [-0.3, -0.25) is 9.59 Å². The number of hydrogen-bond acceptors (Lipinski definition) is 12. The highest BCUT2D eigenvalue weighted by molar-refractivity contribution is 8.76. The lowest BCUT2D eigenvalue weighted by atomic mass is 10.1. The maximum Gasteiger partial charge on any atom is 0.343 e. The fraction of sp³-hybridized carbons (Fsp3) is 0.474. The number of nitrogens with zero attached hydrogens (tertiary/aromatic N) is 6. The minimum absolute atomic E-state index is 0.00397. The molecule has 0 spiro atoms. The topological polar surface area (TPSA) is 110 Å². The molecule has 2 aliphatic rings. The first-order chi connectivity index (χ1) is 26.9. The monoisotopic (exact) mass is 820 g/mol. The van der Waals surface area contributed by atoms with Gasteiger partial charge in [0.1, 0.15) is 34.1 Å². The fourth-order valence-corrected chi connectivity index (χ4v) is 8.98. The van der Waals surface area contributed by atoms with Crippen LogP contribution in [0.5, 0.6) is 0 Å². The molecule has 4 aromatic rings. The quantitative estimate of drug-likeness (QED) is 0.0800. The number of aromatic nitrogens is 2. The van der Waals surface area contributed by atoms with Gasteiger partial charge in [-0.25, -0.2) is 27.2 Å². The number of esters is 2. The molecular formula is C38H44F4N6O6S2. The standard InChI is InChI=1S/C38H44F4N6O6S2/c1-5-53-37(51)25-21-47(31-23(35(25)49)19-27(39)33(29(31)41)45-11-7-43(3)8-12-45)15-17-55-56-18-16-48-22-26(38(52)54-6-2)36(50)24-20-28(40)34(30(42)32(24)48)46-13-9-44(4)10-14-46/h19-22H,5-18H2,1-4H3. The summed E-state index contributed by atoms with van der Waals surface area (Å²) in [7, 11) is 6.56. The molecule has 0 atom stereocenters. The summed E-state index contributed by atoms with van der Waals surface area (Å²) >= 11 is 0. The molecule has 0 amide bonds. The Morgan fingerprint density at radius 3 is 1.32 bits per heavy atom. The Hall–Kier alpha value is -4.26. The molecule has 2 aromatic heterocycles. The Balaban J connectivity index is 1.26. The summed E-state index contributed by atoms with van der Waals surface area (Å²) in [5.41, 5.74) is -3.09. The predicted molar refractivity (Wildman–Crippen MR) is 212 cm³/mol. The number of likely N-dealkylation sites (N-methyl/N-ethyl adjacent to an activating group) is 2. The summed E-state index contributed by atoms with van der Waals surface area (Å²) in [5, 5.41) is -0.559. The number of halogens is 4. The SMILES string of the molecule is CCOC(=O)c1cn(CCSSCCn2cc(C(=O)OCC)c(=O)c3cc(F)c(N4CCN(C)CC4)c(F)c32)c2c(F)c(N3CCN(C)CC3)c(F)cc2c1=O. The summed E-state index contributed by atoms with van der Waals surface area (Å²) in [5.74, 6) is -4.74. The maximum atomic E-state index is 16.4. The number of carbonyl (C=O) groups excluding carboxylic acids is 2. The van der Waals surface area contributed by atoms with E-state index in [9.17, 15) is 19.2 Å². The Morgan fingerprint density at radius 1 is 0.625 bits per heavy atom. The van der Waals surface area contributed by atoms with Crippen molar-refractivity contribution >= 4 is 66.7 Å². The number of hydrogen-bond donors (Lipinski definition) is 0. The first-order valence-electron chi connectivity index (χ1n) is 18.4. The van der Waals surface area contributed by atoms with Crippen molar-refractivity contribution in [1.82, 2.24) is 18.9 Å². The Bertz CT molecular complexity index is 2100. The van der Waals surface area contributed by atoms with Crippen molar-refractivity contribution in [3.63, 3.8) is 0 Å². The zero-order valence-corrected chi connectivity index (χ0v) is 33.3. The first-order valence-corrected chi connectivity index (χ1v) is 20.9. The molecule has 302 valence electrons. The third kappa shape index (κ3) is 8.38.